The second kappa shape index (κ2) is 7.69. The van der Waals surface area contributed by atoms with E-state index in [0.717, 1.165) is 5.39 Å². The second-order valence-corrected chi connectivity index (χ2v) is 7.44. The van der Waals surface area contributed by atoms with Crippen molar-refractivity contribution < 1.29 is 19.4 Å². The van der Waals surface area contributed by atoms with Crippen LogP contribution >= 0.6 is 23.2 Å². The lowest BCUT2D eigenvalue weighted by atomic mass is 10.2. The number of carboxylic acid groups (broad SMARTS) is 1. The molecular formula is C21H20Cl2N2O4. The molecule has 0 unspecified atom stereocenters. The van der Waals surface area contributed by atoms with E-state index in [1.54, 1.807) is 28.8 Å². The van der Waals surface area contributed by atoms with Crippen LogP contribution in [0.25, 0.3) is 16.6 Å². The lowest BCUT2D eigenvalue weighted by molar-refractivity contribution is 0.0689. The summed E-state index contributed by atoms with van der Waals surface area (Å²) in [6, 6.07) is 8.82. The van der Waals surface area contributed by atoms with Crippen molar-refractivity contribution in [3.63, 3.8) is 0 Å². The highest BCUT2D eigenvalue weighted by Crippen LogP contribution is 2.42. The fourth-order valence-corrected chi connectivity index (χ4v) is 4.08. The molecule has 152 valence electrons. The fraction of sp³-hybridized carbons (Fsp3) is 0.286. The van der Waals surface area contributed by atoms with Gasteiger partial charge in [-0.3, -0.25) is 0 Å². The molecule has 8 heteroatoms. The third kappa shape index (κ3) is 3.26. The molecule has 6 nitrogen and oxygen atoms in total. The first kappa shape index (κ1) is 19.7. The molecule has 0 aliphatic carbocycles. The molecule has 0 bridgehead atoms. The van der Waals surface area contributed by atoms with Crippen molar-refractivity contribution in [3.05, 3.63) is 46.1 Å². The zero-order valence-corrected chi connectivity index (χ0v) is 17.5. The highest BCUT2D eigenvalue weighted by molar-refractivity contribution is 6.43. The van der Waals surface area contributed by atoms with Crippen LogP contribution in [0, 0.1) is 0 Å². The molecule has 1 aliphatic rings. The van der Waals surface area contributed by atoms with Crippen LogP contribution < -0.4 is 14.4 Å². The summed E-state index contributed by atoms with van der Waals surface area (Å²) < 4.78 is 13.0. The zero-order chi connectivity index (χ0) is 20.7. The number of carbonyl (C=O) groups is 1. The maximum atomic E-state index is 12.4. The number of nitrogens with zero attached hydrogens (tertiary/aromatic N) is 2. The summed E-state index contributed by atoms with van der Waals surface area (Å²) in [5.74, 6) is 0.181. The Labute approximate surface area is 178 Å². The molecule has 0 fully saturated rings. The van der Waals surface area contributed by atoms with Gasteiger partial charge in [0.05, 0.1) is 26.9 Å². The Kier molecular flexibility index (Phi) is 5.23. The third-order valence-electron chi connectivity index (χ3n) is 5.05. The molecule has 0 spiro atoms. The van der Waals surface area contributed by atoms with E-state index >= 15 is 0 Å². The number of aromatic nitrogens is 1. The lowest BCUT2D eigenvalue weighted by Crippen LogP contribution is -2.24. The molecule has 2 heterocycles. The molecule has 1 aliphatic heterocycles. The van der Waals surface area contributed by atoms with Crippen LogP contribution in [0.1, 0.15) is 24.3 Å². The van der Waals surface area contributed by atoms with Crippen molar-refractivity contribution in [2.75, 3.05) is 31.2 Å². The van der Waals surface area contributed by atoms with Crippen LogP contribution in [-0.2, 0) is 0 Å². The topological polar surface area (TPSA) is 63.9 Å². The third-order valence-corrected chi connectivity index (χ3v) is 5.77. The molecule has 3 aromatic rings. The van der Waals surface area contributed by atoms with Gasteiger partial charge in [0.1, 0.15) is 13.2 Å². The monoisotopic (exact) mass is 434 g/mol. The number of aromatic carboxylic acids is 1. The molecule has 0 atom stereocenters. The number of hydrogen-bond donors (Lipinski definition) is 1. The highest BCUT2D eigenvalue weighted by Gasteiger charge is 2.28. The van der Waals surface area contributed by atoms with Gasteiger partial charge < -0.3 is 24.0 Å². The van der Waals surface area contributed by atoms with E-state index in [4.69, 9.17) is 32.7 Å². The van der Waals surface area contributed by atoms with Gasteiger partial charge in [-0.2, -0.15) is 0 Å². The summed E-state index contributed by atoms with van der Waals surface area (Å²) in [5, 5.41) is 11.6. The summed E-state index contributed by atoms with van der Waals surface area (Å²) in [6.07, 6.45) is 0. The van der Waals surface area contributed by atoms with Crippen LogP contribution in [0.2, 0.25) is 10.0 Å². The maximum Gasteiger partial charge on any atom is 0.355 e. The van der Waals surface area contributed by atoms with Gasteiger partial charge in [0.25, 0.3) is 0 Å². The molecular weight excluding hydrogens is 415 g/mol. The second-order valence-electron chi connectivity index (χ2n) is 6.62. The van der Waals surface area contributed by atoms with Gasteiger partial charge in [-0.1, -0.05) is 23.2 Å². The van der Waals surface area contributed by atoms with E-state index in [1.807, 2.05) is 24.8 Å². The predicted molar refractivity (Wildman–Crippen MR) is 115 cm³/mol. The number of benzene rings is 2. The first-order valence-electron chi connectivity index (χ1n) is 9.38. The molecule has 1 aromatic heterocycles. The van der Waals surface area contributed by atoms with Crippen LogP contribution in [0.4, 0.5) is 5.69 Å². The Morgan fingerprint density at radius 3 is 2.38 bits per heavy atom. The van der Waals surface area contributed by atoms with E-state index in [2.05, 4.69) is 0 Å². The van der Waals surface area contributed by atoms with Gasteiger partial charge in [-0.05, 0) is 38.1 Å². The molecule has 4 rings (SSSR count). The van der Waals surface area contributed by atoms with Gasteiger partial charge in [-0.15, -0.1) is 0 Å². The van der Waals surface area contributed by atoms with Crippen molar-refractivity contribution in [1.82, 2.24) is 4.57 Å². The molecule has 2 aromatic carbocycles. The Hall–Kier alpha value is -2.57. The minimum atomic E-state index is -1.04. The van der Waals surface area contributed by atoms with Crippen molar-refractivity contribution in [1.29, 1.82) is 0 Å². The predicted octanol–water partition coefficient (Wildman–Crippen LogP) is 5.25. The van der Waals surface area contributed by atoms with E-state index in [9.17, 15) is 9.90 Å². The minimum Gasteiger partial charge on any atom is -0.486 e. The number of fused-ring (bicyclic) bond motifs is 2. The highest BCUT2D eigenvalue weighted by atomic mass is 35.5. The SMILES string of the molecule is CCN(CC)c1c(C(=O)O)n(-c2ccc3c(c2)OCCO3)c2cc(Cl)c(Cl)cc12. The van der Waals surface area contributed by atoms with E-state index < -0.39 is 5.97 Å². The molecule has 29 heavy (non-hydrogen) atoms. The first-order valence-corrected chi connectivity index (χ1v) is 10.1. The van der Waals surface area contributed by atoms with Crippen LogP contribution in [0.5, 0.6) is 11.5 Å². The number of rotatable bonds is 5. The van der Waals surface area contributed by atoms with Gasteiger partial charge in [0, 0.05) is 24.5 Å². The summed E-state index contributed by atoms with van der Waals surface area (Å²) in [7, 11) is 0. The minimum absolute atomic E-state index is 0.152. The molecule has 1 N–H and O–H groups in total. The first-order chi connectivity index (χ1) is 14.0. The van der Waals surface area contributed by atoms with Crippen molar-refractivity contribution in [2.45, 2.75) is 13.8 Å². The van der Waals surface area contributed by atoms with Gasteiger partial charge in [0.15, 0.2) is 17.2 Å². The average molecular weight is 435 g/mol. The number of carboxylic acids is 1. The van der Waals surface area contributed by atoms with Gasteiger partial charge in [0.2, 0.25) is 0 Å². The number of hydrogen-bond acceptors (Lipinski definition) is 4. The lowest BCUT2D eigenvalue weighted by Gasteiger charge is -2.22. The number of halogens is 2. The maximum absolute atomic E-state index is 12.4. The van der Waals surface area contributed by atoms with Crippen molar-refractivity contribution in [2.24, 2.45) is 0 Å². The molecule has 0 saturated carbocycles. The number of ether oxygens (including phenoxy) is 2. The zero-order valence-electron chi connectivity index (χ0n) is 16.0. The van der Waals surface area contributed by atoms with Crippen molar-refractivity contribution in [3.8, 4) is 17.2 Å². The van der Waals surface area contributed by atoms with Gasteiger partial charge in [-0.25, -0.2) is 4.79 Å². The standard InChI is InChI=1S/C21H20Cl2N2O4/c1-3-24(4-2)19-13-10-14(22)15(23)11-16(13)25(20(19)21(26)27)12-5-6-17-18(9-12)29-8-7-28-17/h5-6,9-11H,3-4,7-8H2,1-2H3,(H,26,27). The summed E-state index contributed by atoms with van der Waals surface area (Å²) >= 11 is 12.6. The summed E-state index contributed by atoms with van der Waals surface area (Å²) in [4.78, 5) is 14.4. The van der Waals surface area contributed by atoms with Crippen LogP contribution in [0.3, 0.4) is 0 Å². The average Bonchev–Trinajstić information content (AvgIpc) is 3.03. The van der Waals surface area contributed by atoms with Crippen molar-refractivity contribution >= 4 is 45.8 Å². The fourth-order valence-electron chi connectivity index (χ4n) is 3.76. The quantitative estimate of drug-likeness (QED) is 0.593. The molecule has 0 saturated heterocycles. The Bertz CT molecular complexity index is 1110. The molecule has 0 radical (unpaired) electrons. The van der Waals surface area contributed by atoms with E-state index in [-0.39, 0.29) is 5.69 Å². The largest absolute Gasteiger partial charge is 0.486 e. The number of anilines is 1. The van der Waals surface area contributed by atoms with Crippen LogP contribution in [-0.4, -0.2) is 41.9 Å². The smallest absolute Gasteiger partial charge is 0.355 e. The Morgan fingerprint density at radius 1 is 1.07 bits per heavy atom. The summed E-state index contributed by atoms with van der Waals surface area (Å²) in [5.41, 5.74) is 2.08. The Morgan fingerprint density at radius 2 is 1.72 bits per heavy atom. The van der Waals surface area contributed by atoms with Crippen LogP contribution in [0.15, 0.2) is 30.3 Å². The molecule has 0 amide bonds. The van der Waals surface area contributed by atoms with E-state index in [1.165, 1.54) is 0 Å². The normalized spacial score (nSPS) is 13.0. The Balaban J connectivity index is 2.08. The summed E-state index contributed by atoms with van der Waals surface area (Å²) in [6.45, 7) is 6.20. The van der Waals surface area contributed by atoms with Gasteiger partial charge >= 0.3 is 5.97 Å². The van der Waals surface area contributed by atoms with E-state index in [0.29, 0.717) is 64.7 Å².